The molecule has 9 heteroatoms. The Morgan fingerprint density at radius 2 is 1.88 bits per heavy atom. The standard InChI is InChI=1S/C25H27ClN2O5S/c1-16-12-20(13-18(14-27)23(16)31-11-10-26)25(3,4)19-6-8-21(9-7-19)32-17(2)24-28-15-22(33-24)34(5,29)30/h6-9,12-13,15,17H,10-11H2,1-5H3. The summed E-state index contributed by atoms with van der Waals surface area (Å²) in [4.78, 5) is 4.01. The molecule has 0 aliphatic rings. The molecule has 0 spiro atoms. The van der Waals surface area contributed by atoms with Crippen molar-refractivity contribution in [1.29, 1.82) is 5.26 Å². The van der Waals surface area contributed by atoms with Gasteiger partial charge < -0.3 is 13.9 Å². The molecule has 2 aromatic carbocycles. The number of nitriles is 1. The van der Waals surface area contributed by atoms with E-state index in [0.29, 0.717) is 29.5 Å². The number of hydrogen-bond donors (Lipinski definition) is 0. The van der Waals surface area contributed by atoms with Gasteiger partial charge in [0.25, 0.3) is 0 Å². The van der Waals surface area contributed by atoms with E-state index in [9.17, 15) is 13.7 Å². The molecule has 1 atom stereocenters. The summed E-state index contributed by atoms with van der Waals surface area (Å²) < 4.78 is 40.1. The van der Waals surface area contributed by atoms with E-state index in [2.05, 4.69) is 24.9 Å². The highest BCUT2D eigenvalue weighted by atomic mass is 35.5. The third-order valence-electron chi connectivity index (χ3n) is 5.54. The van der Waals surface area contributed by atoms with Crippen LogP contribution in [0.3, 0.4) is 0 Å². The lowest BCUT2D eigenvalue weighted by Crippen LogP contribution is -2.19. The fourth-order valence-electron chi connectivity index (χ4n) is 3.55. The molecule has 3 rings (SSSR count). The number of alkyl halides is 1. The average Bonchev–Trinajstić information content (AvgIpc) is 3.29. The maximum Gasteiger partial charge on any atom is 0.238 e. The lowest BCUT2D eigenvalue weighted by molar-refractivity contribution is 0.181. The Labute approximate surface area is 205 Å². The normalized spacial score (nSPS) is 12.7. The molecule has 0 saturated carbocycles. The lowest BCUT2D eigenvalue weighted by atomic mass is 9.77. The van der Waals surface area contributed by atoms with Crippen LogP contribution in [0, 0.1) is 18.3 Å². The van der Waals surface area contributed by atoms with E-state index in [1.165, 1.54) is 6.20 Å². The maximum absolute atomic E-state index is 11.6. The number of oxazole rings is 1. The molecule has 3 aromatic rings. The molecule has 0 aliphatic carbocycles. The number of aryl methyl sites for hydroxylation is 1. The third kappa shape index (κ3) is 5.54. The zero-order chi connectivity index (χ0) is 25.1. The van der Waals surface area contributed by atoms with Crippen LogP contribution in [0.2, 0.25) is 0 Å². The van der Waals surface area contributed by atoms with E-state index in [-0.39, 0.29) is 11.0 Å². The Morgan fingerprint density at radius 1 is 1.21 bits per heavy atom. The highest BCUT2D eigenvalue weighted by Gasteiger charge is 2.26. The minimum Gasteiger partial charge on any atom is -0.491 e. The number of rotatable bonds is 9. The molecule has 7 nitrogen and oxygen atoms in total. The van der Waals surface area contributed by atoms with Crippen molar-refractivity contribution in [2.24, 2.45) is 0 Å². The first-order valence-electron chi connectivity index (χ1n) is 10.6. The second-order valence-corrected chi connectivity index (χ2v) is 10.8. The van der Waals surface area contributed by atoms with Gasteiger partial charge in [-0.15, -0.1) is 11.6 Å². The molecule has 0 fully saturated rings. The Hall–Kier alpha value is -3.02. The minimum absolute atomic E-state index is 0.181. The smallest absolute Gasteiger partial charge is 0.238 e. The van der Waals surface area contributed by atoms with Crippen LogP contribution in [0.1, 0.15) is 55.0 Å². The van der Waals surface area contributed by atoms with Crippen molar-refractivity contribution in [3.63, 3.8) is 0 Å². The molecule has 1 aromatic heterocycles. The number of benzene rings is 2. The predicted octanol–water partition coefficient (Wildman–Crippen LogP) is 5.34. The molecular weight excluding hydrogens is 476 g/mol. The Kier molecular flexibility index (Phi) is 7.59. The van der Waals surface area contributed by atoms with Gasteiger partial charge in [0.15, 0.2) is 6.10 Å². The van der Waals surface area contributed by atoms with Crippen molar-refractivity contribution in [1.82, 2.24) is 4.98 Å². The van der Waals surface area contributed by atoms with Gasteiger partial charge in [0, 0.05) is 11.7 Å². The van der Waals surface area contributed by atoms with E-state index in [1.54, 1.807) is 6.92 Å². The van der Waals surface area contributed by atoms with Gasteiger partial charge in [0.2, 0.25) is 20.8 Å². The van der Waals surface area contributed by atoms with Gasteiger partial charge in [-0.1, -0.05) is 32.0 Å². The summed E-state index contributed by atoms with van der Waals surface area (Å²) in [6.07, 6.45) is 1.67. The van der Waals surface area contributed by atoms with Gasteiger partial charge >= 0.3 is 0 Å². The monoisotopic (exact) mass is 502 g/mol. The second kappa shape index (κ2) is 10.1. The van der Waals surface area contributed by atoms with Crippen LogP contribution in [-0.4, -0.2) is 32.1 Å². The Balaban J connectivity index is 1.81. The molecule has 0 radical (unpaired) electrons. The predicted molar refractivity (Wildman–Crippen MR) is 129 cm³/mol. The number of halogens is 1. The molecule has 34 heavy (non-hydrogen) atoms. The average molecular weight is 503 g/mol. The van der Waals surface area contributed by atoms with Crippen molar-refractivity contribution in [3.05, 3.63) is 70.7 Å². The van der Waals surface area contributed by atoms with E-state index < -0.39 is 21.4 Å². The topological polar surface area (TPSA) is 102 Å². The van der Waals surface area contributed by atoms with Crippen LogP contribution in [0.15, 0.2) is 52.1 Å². The SMILES string of the molecule is Cc1cc(C(C)(C)c2ccc(OC(C)c3ncc(S(C)(=O)=O)o3)cc2)cc(C#N)c1OCCCl. The van der Waals surface area contributed by atoms with E-state index in [0.717, 1.165) is 22.9 Å². The zero-order valence-corrected chi connectivity index (χ0v) is 21.3. The summed E-state index contributed by atoms with van der Waals surface area (Å²) in [6, 6.07) is 13.7. The molecule has 0 N–H and O–H groups in total. The Morgan fingerprint density at radius 3 is 2.44 bits per heavy atom. The maximum atomic E-state index is 11.6. The molecule has 1 unspecified atom stereocenters. The fourth-order valence-corrected chi connectivity index (χ4v) is 4.11. The molecule has 1 heterocycles. The molecular formula is C25H27ClN2O5S. The van der Waals surface area contributed by atoms with Crippen LogP contribution in [0.25, 0.3) is 0 Å². The van der Waals surface area contributed by atoms with Gasteiger partial charge in [-0.3, -0.25) is 0 Å². The third-order valence-corrected chi connectivity index (χ3v) is 6.62. The molecule has 0 aliphatic heterocycles. The number of ether oxygens (including phenoxy) is 2. The number of hydrogen-bond acceptors (Lipinski definition) is 7. The molecule has 0 saturated heterocycles. The highest BCUT2D eigenvalue weighted by Crippen LogP contribution is 2.37. The van der Waals surface area contributed by atoms with Crippen molar-refractivity contribution in [2.75, 3.05) is 18.7 Å². The summed E-state index contributed by atoms with van der Waals surface area (Å²) in [5, 5.41) is 9.44. The fraction of sp³-hybridized carbons (Fsp3) is 0.360. The summed E-state index contributed by atoms with van der Waals surface area (Å²) in [5.74, 6) is 1.68. The summed E-state index contributed by atoms with van der Waals surface area (Å²) in [6.45, 7) is 8.15. The van der Waals surface area contributed by atoms with Crippen LogP contribution in [-0.2, 0) is 15.3 Å². The van der Waals surface area contributed by atoms with Crippen LogP contribution >= 0.6 is 11.6 Å². The summed E-state index contributed by atoms with van der Waals surface area (Å²) >= 11 is 5.73. The first kappa shape index (κ1) is 25.6. The quantitative estimate of drug-likeness (QED) is 0.364. The van der Waals surface area contributed by atoms with E-state index in [1.807, 2.05) is 43.3 Å². The minimum atomic E-state index is -3.47. The zero-order valence-electron chi connectivity index (χ0n) is 19.8. The largest absolute Gasteiger partial charge is 0.491 e. The lowest BCUT2D eigenvalue weighted by Gasteiger charge is -2.28. The number of sulfone groups is 1. The van der Waals surface area contributed by atoms with Gasteiger partial charge in [0.05, 0.1) is 17.6 Å². The van der Waals surface area contributed by atoms with Crippen molar-refractivity contribution < 1.29 is 22.3 Å². The van der Waals surface area contributed by atoms with Gasteiger partial charge in [0.1, 0.15) is 24.2 Å². The van der Waals surface area contributed by atoms with Crippen molar-refractivity contribution in [2.45, 2.75) is 44.3 Å². The molecule has 0 amide bonds. The van der Waals surface area contributed by atoms with Gasteiger partial charge in [-0.25, -0.2) is 13.4 Å². The molecule has 0 bridgehead atoms. The van der Waals surface area contributed by atoms with Gasteiger partial charge in [-0.2, -0.15) is 5.26 Å². The molecule has 180 valence electrons. The van der Waals surface area contributed by atoms with Crippen molar-refractivity contribution >= 4 is 21.4 Å². The van der Waals surface area contributed by atoms with E-state index in [4.69, 9.17) is 25.5 Å². The number of aromatic nitrogens is 1. The first-order chi connectivity index (χ1) is 16.0. The van der Waals surface area contributed by atoms with Crippen molar-refractivity contribution in [3.8, 4) is 17.6 Å². The van der Waals surface area contributed by atoms with Crippen LogP contribution < -0.4 is 9.47 Å². The van der Waals surface area contributed by atoms with Crippen LogP contribution in [0.5, 0.6) is 11.5 Å². The summed E-state index contributed by atoms with van der Waals surface area (Å²) in [7, 11) is -3.47. The van der Waals surface area contributed by atoms with Crippen LogP contribution in [0.4, 0.5) is 0 Å². The summed E-state index contributed by atoms with van der Waals surface area (Å²) in [5.41, 5.74) is 2.97. The highest BCUT2D eigenvalue weighted by molar-refractivity contribution is 7.90. The number of nitrogens with zero attached hydrogens (tertiary/aromatic N) is 2. The second-order valence-electron chi connectivity index (χ2n) is 8.52. The first-order valence-corrected chi connectivity index (χ1v) is 13.1. The van der Waals surface area contributed by atoms with E-state index >= 15 is 0 Å². The Bertz CT molecular complexity index is 1310. The van der Waals surface area contributed by atoms with Gasteiger partial charge in [-0.05, 0) is 48.7 Å².